The molecule has 0 saturated carbocycles. The van der Waals surface area contributed by atoms with Gasteiger partial charge in [0.15, 0.2) is 0 Å². The zero-order chi connectivity index (χ0) is 14.2. The molecule has 1 heterocycles. The highest BCUT2D eigenvalue weighted by Crippen LogP contribution is 2.04. The molecular weight excluding hydrogens is 254 g/mol. The zero-order valence-corrected chi connectivity index (χ0v) is 11.4. The minimum atomic E-state index is 0.0182. The van der Waals surface area contributed by atoms with Crippen molar-refractivity contribution in [1.82, 2.24) is 15.3 Å². The quantitative estimate of drug-likeness (QED) is 0.869. The largest absolute Gasteiger partial charge is 0.467 e. The lowest BCUT2D eigenvalue weighted by atomic mass is 10.2. The summed E-state index contributed by atoms with van der Waals surface area (Å²) >= 11 is 0. The molecule has 0 spiro atoms. The molecule has 1 N–H and O–H groups in total. The lowest BCUT2D eigenvalue weighted by Gasteiger charge is -2.05. The van der Waals surface area contributed by atoms with Gasteiger partial charge in [-0.1, -0.05) is 30.3 Å². The first-order valence-electron chi connectivity index (χ1n) is 6.43. The van der Waals surface area contributed by atoms with Crippen LogP contribution in [0.4, 0.5) is 0 Å². The van der Waals surface area contributed by atoms with Crippen LogP contribution in [0.25, 0.3) is 0 Å². The van der Waals surface area contributed by atoms with E-state index in [1.807, 2.05) is 30.3 Å². The minimum absolute atomic E-state index is 0.0182. The maximum atomic E-state index is 11.7. The summed E-state index contributed by atoms with van der Waals surface area (Å²) in [5.41, 5.74) is 2.01. The molecule has 5 nitrogen and oxygen atoms in total. The van der Waals surface area contributed by atoms with E-state index in [-0.39, 0.29) is 5.91 Å². The molecule has 1 aromatic carbocycles. The Labute approximate surface area is 118 Å². The monoisotopic (exact) mass is 271 g/mol. The van der Waals surface area contributed by atoms with Crippen molar-refractivity contribution in [1.29, 1.82) is 0 Å². The minimum Gasteiger partial charge on any atom is -0.467 e. The van der Waals surface area contributed by atoms with E-state index in [1.54, 1.807) is 12.4 Å². The van der Waals surface area contributed by atoms with Gasteiger partial charge in [-0.2, -0.15) is 0 Å². The second kappa shape index (κ2) is 7.23. The predicted molar refractivity (Wildman–Crippen MR) is 75.2 cm³/mol. The molecule has 2 aromatic rings. The summed E-state index contributed by atoms with van der Waals surface area (Å²) in [6.45, 7) is 0.554. The third-order valence-corrected chi connectivity index (χ3v) is 2.84. The van der Waals surface area contributed by atoms with Crippen molar-refractivity contribution in [3.05, 3.63) is 53.9 Å². The Bertz CT molecular complexity index is 541. The molecule has 2 rings (SSSR count). The van der Waals surface area contributed by atoms with Crippen LogP contribution in [0.15, 0.2) is 42.7 Å². The van der Waals surface area contributed by atoms with Crippen LogP contribution in [0.3, 0.4) is 0 Å². The molecule has 0 atom stereocenters. The van der Waals surface area contributed by atoms with E-state index in [2.05, 4.69) is 15.3 Å². The third kappa shape index (κ3) is 4.35. The number of hydrogen-bond donors (Lipinski definition) is 1. The number of nitrogens with zero attached hydrogens (tertiary/aromatic N) is 2. The fourth-order valence-electron chi connectivity index (χ4n) is 1.72. The number of ether oxygens (including phenoxy) is 1. The SMILES string of the molecule is COc1ncc(CCC(=O)NCc2ccccc2)cn1. The van der Waals surface area contributed by atoms with Gasteiger partial charge in [0.1, 0.15) is 0 Å². The highest BCUT2D eigenvalue weighted by Gasteiger charge is 2.03. The fraction of sp³-hybridized carbons (Fsp3) is 0.267. The number of nitrogens with one attached hydrogen (secondary N) is 1. The van der Waals surface area contributed by atoms with Crippen LogP contribution in [0.1, 0.15) is 17.5 Å². The molecule has 0 fully saturated rings. The van der Waals surface area contributed by atoms with Gasteiger partial charge >= 0.3 is 6.01 Å². The zero-order valence-electron chi connectivity index (χ0n) is 11.4. The molecule has 20 heavy (non-hydrogen) atoms. The molecule has 0 radical (unpaired) electrons. The Hall–Kier alpha value is -2.43. The number of methoxy groups -OCH3 is 1. The van der Waals surface area contributed by atoms with E-state index in [4.69, 9.17) is 4.74 Å². The first-order chi connectivity index (χ1) is 9.78. The van der Waals surface area contributed by atoms with Crippen LogP contribution in [-0.2, 0) is 17.8 Å². The lowest BCUT2D eigenvalue weighted by molar-refractivity contribution is -0.121. The van der Waals surface area contributed by atoms with Crippen molar-refractivity contribution < 1.29 is 9.53 Å². The van der Waals surface area contributed by atoms with Crippen LogP contribution in [0, 0.1) is 0 Å². The molecule has 104 valence electrons. The van der Waals surface area contributed by atoms with Gasteiger partial charge in [0.2, 0.25) is 5.91 Å². The molecule has 0 bridgehead atoms. The van der Waals surface area contributed by atoms with Gasteiger partial charge < -0.3 is 10.1 Å². The molecule has 5 heteroatoms. The molecule has 0 aliphatic carbocycles. The maximum absolute atomic E-state index is 11.7. The Morgan fingerprint density at radius 1 is 1.15 bits per heavy atom. The molecule has 1 aromatic heterocycles. The Morgan fingerprint density at radius 2 is 1.85 bits per heavy atom. The van der Waals surface area contributed by atoms with E-state index >= 15 is 0 Å². The molecular formula is C15H17N3O2. The van der Waals surface area contributed by atoms with Gasteiger partial charge in [0.05, 0.1) is 7.11 Å². The number of benzene rings is 1. The van der Waals surface area contributed by atoms with Gasteiger partial charge in [0.25, 0.3) is 0 Å². The Morgan fingerprint density at radius 3 is 2.50 bits per heavy atom. The summed E-state index contributed by atoms with van der Waals surface area (Å²) in [6.07, 6.45) is 4.39. The predicted octanol–water partition coefficient (Wildman–Crippen LogP) is 1.73. The highest BCUT2D eigenvalue weighted by atomic mass is 16.5. The van der Waals surface area contributed by atoms with Crippen molar-refractivity contribution in [3.8, 4) is 6.01 Å². The highest BCUT2D eigenvalue weighted by molar-refractivity contribution is 5.76. The first-order valence-corrected chi connectivity index (χ1v) is 6.43. The van der Waals surface area contributed by atoms with Crippen LogP contribution in [0.2, 0.25) is 0 Å². The second-order valence-electron chi connectivity index (χ2n) is 4.34. The topological polar surface area (TPSA) is 64.1 Å². The van der Waals surface area contributed by atoms with Gasteiger partial charge in [-0.05, 0) is 17.5 Å². The number of aryl methyl sites for hydroxylation is 1. The molecule has 0 unspecified atom stereocenters. The average Bonchev–Trinajstić information content (AvgIpc) is 2.52. The smallest absolute Gasteiger partial charge is 0.316 e. The normalized spacial score (nSPS) is 10.1. The number of rotatable bonds is 6. The van der Waals surface area contributed by atoms with E-state index in [9.17, 15) is 4.79 Å². The standard InChI is InChI=1S/C15H17N3O2/c1-20-15-17-10-13(11-18-15)7-8-14(19)16-9-12-5-3-2-4-6-12/h2-6,10-11H,7-9H2,1H3,(H,16,19). The molecule has 0 saturated heterocycles. The summed E-state index contributed by atoms with van der Waals surface area (Å²) in [4.78, 5) is 19.7. The summed E-state index contributed by atoms with van der Waals surface area (Å²) in [5, 5.41) is 2.89. The van der Waals surface area contributed by atoms with Gasteiger partial charge in [-0.15, -0.1) is 0 Å². The van der Waals surface area contributed by atoms with E-state index in [0.717, 1.165) is 11.1 Å². The summed E-state index contributed by atoms with van der Waals surface area (Å²) in [7, 11) is 1.52. The maximum Gasteiger partial charge on any atom is 0.316 e. The molecule has 1 amide bonds. The fourth-order valence-corrected chi connectivity index (χ4v) is 1.72. The van der Waals surface area contributed by atoms with Crippen molar-refractivity contribution >= 4 is 5.91 Å². The van der Waals surface area contributed by atoms with Crippen molar-refractivity contribution in [2.24, 2.45) is 0 Å². The number of amides is 1. The van der Waals surface area contributed by atoms with E-state index in [0.29, 0.717) is 25.4 Å². The van der Waals surface area contributed by atoms with Crippen LogP contribution >= 0.6 is 0 Å². The van der Waals surface area contributed by atoms with Crippen LogP contribution < -0.4 is 10.1 Å². The van der Waals surface area contributed by atoms with Gasteiger partial charge in [-0.3, -0.25) is 4.79 Å². The van der Waals surface area contributed by atoms with Crippen LogP contribution in [-0.4, -0.2) is 23.0 Å². The summed E-state index contributed by atoms with van der Waals surface area (Å²) in [5.74, 6) is 0.0182. The Kier molecular flexibility index (Phi) is 5.06. The molecule has 0 aliphatic rings. The summed E-state index contributed by atoms with van der Waals surface area (Å²) < 4.78 is 4.88. The van der Waals surface area contributed by atoms with E-state index in [1.165, 1.54) is 7.11 Å². The molecule has 0 aliphatic heterocycles. The number of aromatic nitrogens is 2. The third-order valence-electron chi connectivity index (χ3n) is 2.84. The number of carbonyl (C=O) groups excluding carboxylic acids is 1. The van der Waals surface area contributed by atoms with Crippen molar-refractivity contribution in [2.45, 2.75) is 19.4 Å². The average molecular weight is 271 g/mol. The Balaban J connectivity index is 1.74. The number of hydrogen-bond acceptors (Lipinski definition) is 4. The summed E-state index contributed by atoms with van der Waals surface area (Å²) in [6, 6.07) is 10.2. The van der Waals surface area contributed by atoms with E-state index < -0.39 is 0 Å². The van der Waals surface area contributed by atoms with Crippen molar-refractivity contribution in [2.75, 3.05) is 7.11 Å². The number of carbonyl (C=O) groups is 1. The van der Waals surface area contributed by atoms with Gasteiger partial charge in [-0.25, -0.2) is 9.97 Å². The van der Waals surface area contributed by atoms with Crippen LogP contribution in [0.5, 0.6) is 6.01 Å². The van der Waals surface area contributed by atoms with Gasteiger partial charge in [0, 0.05) is 25.4 Å². The first kappa shape index (κ1) is 14.0. The van der Waals surface area contributed by atoms with Crippen molar-refractivity contribution in [3.63, 3.8) is 0 Å². The second-order valence-corrected chi connectivity index (χ2v) is 4.34. The lowest BCUT2D eigenvalue weighted by Crippen LogP contribution is -2.22.